The van der Waals surface area contributed by atoms with Crippen molar-refractivity contribution >= 4 is 11.8 Å². The first-order valence-electron chi connectivity index (χ1n) is 9.00. The highest BCUT2D eigenvalue weighted by Crippen LogP contribution is 2.59. The number of aryl methyl sites for hydroxylation is 1. The highest BCUT2D eigenvalue weighted by molar-refractivity contribution is 5.87. The average Bonchev–Trinajstić information content (AvgIpc) is 2.88. The molecule has 0 aliphatic heterocycles. The van der Waals surface area contributed by atoms with Crippen LogP contribution in [0.25, 0.3) is 0 Å². The minimum atomic E-state index is -0.953. The number of fused-ring (bicyclic) bond motifs is 5. The summed E-state index contributed by atoms with van der Waals surface area (Å²) in [4.78, 5) is 23.0. The second-order valence-electron chi connectivity index (χ2n) is 7.88. The third kappa shape index (κ3) is 2.35. The molecule has 0 aromatic heterocycles. The first-order chi connectivity index (χ1) is 11.5. The fourth-order valence-electron chi connectivity index (χ4n) is 5.56. The summed E-state index contributed by atoms with van der Waals surface area (Å²) in [7, 11) is 0. The lowest BCUT2D eigenvalue weighted by atomic mass is 9.55. The van der Waals surface area contributed by atoms with Gasteiger partial charge in [-0.25, -0.2) is 4.79 Å². The molecule has 128 valence electrons. The average molecular weight is 328 g/mol. The molecule has 3 aliphatic rings. The lowest BCUT2D eigenvalue weighted by molar-refractivity contribution is -0.139. The highest BCUT2D eigenvalue weighted by Gasteiger charge is 2.54. The number of carboxylic acids is 1. The SMILES string of the molecule is C[C@]12CC[C@H]3c4ccc(OCC(=O)O)cc4CC[C@@H]3[C@H]1CCC2=O. The maximum absolute atomic E-state index is 12.4. The monoisotopic (exact) mass is 328 g/mol. The summed E-state index contributed by atoms with van der Waals surface area (Å²) in [5.41, 5.74) is 2.62. The van der Waals surface area contributed by atoms with Crippen molar-refractivity contribution in [3.8, 4) is 5.75 Å². The van der Waals surface area contributed by atoms with Crippen LogP contribution in [0.3, 0.4) is 0 Å². The van der Waals surface area contributed by atoms with Gasteiger partial charge in [0.25, 0.3) is 0 Å². The maximum atomic E-state index is 12.4. The number of carbonyl (C=O) groups is 2. The van der Waals surface area contributed by atoms with Crippen LogP contribution in [0.4, 0.5) is 0 Å². The Labute approximate surface area is 142 Å². The molecule has 4 heteroatoms. The van der Waals surface area contributed by atoms with Gasteiger partial charge in [-0.1, -0.05) is 13.0 Å². The number of rotatable bonds is 3. The van der Waals surface area contributed by atoms with E-state index in [0.717, 1.165) is 38.5 Å². The van der Waals surface area contributed by atoms with Gasteiger partial charge in [0.15, 0.2) is 6.61 Å². The number of carboxylic acid groups (broad SMARTS) is 1. The van der Waals surface area contributed by atoms with Gasteiger partial charge in [0, 0.05) is 11.8 Å². The number of hydrogen-bond acceptors (Lipinski definition) is 3. The molecule has 4 atom stereocenters. The van der Waals surface area contributed by atoms with E-state index in [1.165, 1.54) is 11.1 Å². The van der Waals surface area contributed by atoms with E-state index in [9.17, 15) is 9.59 Å². The lowest BCUT2D eigenvalue weighted by Gasteiger charge is -2.48. The normalized spacial score (nSPS) is 34.2. The van der Waals surface area contributed by atoms with Crippen molar-refractivity contribution in [3.63, 3.8) is 0 Å². The van der Waals surface area contributed by atoms with E-state index in [4.69, 9.17) is 9.84 Å². The van der Waals surface area contributed by atoms with Crippen molar-refractivity contribution in [2.45, 2.75) is 51.4 Å². The molecular formula is C20H24O4. The third-order valence-electron chi connectivity index (χ3n) is 6.77. The van der Waals surface area contributed by atoms with Crippen molar-refractivity contribution in [2.75, 3.05) is 6.61 Å². The van der Waals surface area contributed by atoms with Gasteiger partial charge in [-0.15, -0.1) is 0 Å². The van der Waals surface area contributed by atoms with Gasteiger partial charge < -0.3 is 9.84 Å². The Morgan fingerprint density at radius 2 is 2.12 bits per heavy atom. The maximum Gasteiger partial charge on any atom is 0.341 e. The fourth-order valence-corrected chi connectivity index (χ4v) is 5.56. The standard InChI is InChI=1S/C20H24O4/c1-20-9-8-15-14-5-3-13(24-11-19(22)23)10-12(14)2-4-16(15)17(20)6-7-18(20)21/h3,5,10,15-17H,2,4,6-9,11H2,1H3,(H,22,23)/t15-,16-,17+,20-/m0/s1. The predicted octanol–water partition coefficient (Wildman–Crippen LogP) is 3.58. The van der Waals surface area contributed by atoms with Crippen molar-refractivity contribution in [1.29, 1.82) is 0 Å². The van der Waals surface area contributed by atoms with Gasteiger partial charge in [0.1, 0.15) is 11.5 Å². The molecule has 4 rings (SSSR count). The molecular weight excluding hydrogens is 304 g/mol. The summed E-state index contributed by atoms with van der Waals surface area (Å²) in [6, 6.07) is 6.04. The van der Waals surface area contributed by atoms with Crippen molar-refractivity contribution in [3.05, 3.63) is 29.3 Å². The van der Waals surface area contributed by atoms with Crippen LogP contribution in [0.15, 0.2) is 18.2 Å². The minimum Gasteiger partial charge on any atom is -0.482 e. The Balaban J connectivity index is 1.59. The van der Waals surface area contributed by atoms with Gasteiger partial charge >= 0.3 is 5.97 Å². The summed E-state index contributed by atoms with van der Waals surface area (Å²) in [6.07, 6.45) is 6.06. The van der Waals surface area contributed by atoms with E-state index in [-0.39, 0.29) is 12.0 Å². The van der Waals surface area contributed by atoms with E-state index in [0.29, 0.717) is 29.3 Å². The first kappa shape index (κ1) is 15.7. The molecule has 0 heterocycles. The van der Waals surface area contributed by atoms with Crippen LogP contribution in [0.1, 0.15) is 56.1 Å². The Bertz CT molecular complexity index is 695. The van der Waals surface area contributed by atoms with Gasteiger partial charge in [-0.3, -0.25) is 4.79 Å². The molecule has 3 aliphatic carbocycles. The summed E-state index contributed by atoms with van der Waals surface area (Å²) in [6.45, 7) is 1.90. The van der Waals surface area contributed by atoms with Gasteiger partial charge in [0.05, 0.1) is 0 Å². The Hall–Kier alpha value is -1.84. The Morgan fingerprint density at radius 3 is 2.92 bits per heavy atom. The van der Waals surface area contributed by atoms with Crippen molar-refractivity contribution in [1.82, 2.24) is 0 Å². The molecule has 2 fully saturated rings. The molecule has 24 heavy (non-hydrogen) atoms. The van der Waals surface area contributed by atoms with Crippen LogP contribution in [-0.4, -0.2) is 23.5 Å². The Morgan fingerprint density at radius 1 is 1.29 bits per heavy atom. The molecule has 0 unspecified atom stereocenters. The number of hydrogen-bond donors (Lipinski definition) is 1. The fraction of sp³-hybridized carbons (Fsp3) is 0.600. The number of aliphatic carboxylic acids is 1. The van der Waals surface area contributed by atoms with Gasteiger partial charge in [-0.2, -0.15) is 0 Å². The molecule has 0 amide bonds. The van der Waals surface area contributed by atoms with E-state index in [1.807, 2.05) is 12.1 Å². The number of ketones is 1. The molecule has 2 saturated carbocycles. The zero-order valence-electron chi connectivity index (χ0n) is 14.1. The molecule has 0 radical (unpaired) electrons. The molecule has 0 bridgehead atoms. The number of carbonyl (C=O) groups excluding carboxylic acids is 1. The van der Waals surface area contributed by atoms with E-state index in [1.54, 1.807) is 0 Å². The summed E-state index contributed by atoms with van der Waals surface area (Å²) in [5, 5.41) is 8.75. The second-order valence-corrected chi connectivity index (χ2v) is 7.88. The number of Topliss-reactive ketones (excluding diaryl/α,β-unsaturated/α-hetero) is 1. The largest absolute Gasteiger partial charge is 0.482 e. The van der Waals surface area contributed by atoms with E-state index in [2.05, 4.69) is 13.0 Å². The van der Waals surface area contributed by atoms with Crippen LogP contribution in [0.2, 0.25) is 0 Å². The van der Waals surface area contributed by atoms with Crippen LogP contribution >= 0.6 is 0 Å². The number of ether oxygens (including phenoxy) is 1. The summed E-state index contributed by atoms with van der Waals surface area (Å²) in [5.74, 6) is 1.88. The van der Waals surface area contributed by atoms with Crippen LogP contribution < -0.4 is 4.74 Å². The zero-order chi connectivity index (χ0) is 16.9. The summed E-state index contributed by atoms with van der Waals surface area (Å²) >= 11 is 0. The molecule has 0 spiro atoms. The Kier molecular flexibility index (Phi) is 3.66. The first-order valence-corrected chi connectivity index (χ1v) is 9.00. The lowest BCUT2D eigenvalue weighted by Crippen LogP contribution is -2.42. The molecule has 1 aromatic rings. The van der Waals surface area contributed by atoms with Gasteiger partial charge in [-0.05, 0) is 73.1 Å². The van der Waals surface area contributed by atoms with Crippen LogP contribution in [0, 0.1) is 17.3 Å². The van der Waals surface area contributed by atoms with Crippen molar-refractivity contribution < 1.29 is 19.4 Å². The van der Waals surface area contributed by atoms with E-state index >= 15 is 0 Å². The summed E-state index contributed by atoms with van der Waals surface area (Å²) < 4.78 is 5.32. The quantitative estimate of drug-likeness (QED) is 0.921. The van der Waals surface area contributed by atoms with Crippen LogP contribution in [0.5, 0.6) is 5.75 Å². The topological polar surface area (TPSA) is 63.6 Å². The van der Waals surface area contributed by atoms with Crippen LogP contribution in [-0.2, 0) is 16.0 Å². The second kappa shape index (κ2) is 5.61. The predicted molar refractivity (Wildman–Crippen MR) is 89.2 cm³/mol. The third-order valence-corrected chi connectivity index (χ3v) is 6.77. The number of benzene rings is 1. The van der Waals surface area contributed by atoms with Gasteiger partial charge in [0.2, 0.25) is 0 Å². The molecule has 0 saturated heterocycles. The molecule has 1 aromatic carbocycles. The highest BCUT2D eigenvalue weighted by atomic mass is 16.5. The molecule has 4 nitrogen and oxygen atoms in total. The van der Waals surface area contributed by atoms with E-state index < -0.39 is 5.97 Å². The minimum absolute atomic E-state index is 0.0801. The zero-order valence-corrected chi connectivity index (χ0v) is 14.1. The smallest absolute Gasteiger partial charge is 0.341 e. The molecule has 1 N–H and O–H groups in total. The van der Waals surface area contributed by atoms with Crippen molar-refractivity contribution in [2.24, 2.45) is 17.3 Å².